The van der Waals surface area contributed by atoms with E-state index < -0.39 is 36.7 Å². The molecule has 3 nitrogen and oxygen atoms in total. The fourth-order valence-electron chi connectivity index (χ4n) is 8.19. The van der Waals surface area contributed by atoms with Crippen LogP contribution in [0, 0.1) is 22.7 Å². The number of unbranched alkanes of at least 4 members (excludes halogenated alkanes) is 2. The third-order valence-corrected chi connectivity index (χ3v) is 10.1. The molecule has 220 valence electrons. The number of aromatic hydroxyl groups is 1. The van der Waals surface area contributed by atoms with E-state index in [0.29, 0.717) is 19.3 Å². The molecular formula is C29H37F7O3. The number of aryl methyl sites for hydroxylation is 1. The number of aliphatic hydroxyl groups excluding tert-OH is 2. The van der Waals surface area contributed by atoms with Gasteiger partial charge in [0.25, 0.3) is 0 Å². The summed E-state index contributed by atoms with van der Waals surface area (Å²) in [6.45, 7) is 6.33. The number of halogens is 7. The van der Waals surface area contributed by atoms with Crippen LogP contribution in [0.4, 0.5) is 30.7 Å². The quantitative estimate of drug-likeness (QED) is 0.165. The van der Waals surface area contributed by atoms with Crippen molar-refractivity contribution in [3.8, 4) is 5.75 Å². The number of fused-ring (bicyclic) bond motifs is 5. The molecule has 3 N–H and O–H groups in total. The molecule has 0 saturated heterocycles. The van der Waals surface area contributed by atoms with Crippen LogP contribution >= 0.6 is 0 Å². The van der Waals surface area contributed by atoms with Gasteiger partial charge in [0.05, 0.1) is 6.10 Å². The van der Waals surface area contributed by atoms with Crippen molar-refractivity contribution in [1.29, 1.82) is 0 Å². The third-order valence-electron chi connectivity index (χ3n) is 10.1. The van der Waals surface area contributed by atoms with Crippen LogP contribution < -0.4 is 0 Å². The van der Waals surface area contributed by atoms with Gasteiger partial charge in [-0.3, -0.25) is 0 Å². The number of phenolic OH excluding ortho intramolecular Hbond substituents is 1. The molecule has 3 aliphatic carbocycles. The summed E-state index contributed by atoms with van der Waals surface area (Å²) in [5.41, 5.74) is 1.56. The minimum Gasteiger partial charge on any atom is -0.508 e. The Morgan fingerprint density at radius 2 is 1.77 bits per heavy atom. The van der Waals surface area contributed by atoms with Gasteiger partial charge in [0.15, 0.2) is 0 Å². The molecule has 0 aromatic heterocycles. The monoisotopic (exact) mass is 566 g/mol. The van der Waals surface area contributed by atoms with Crippen molar-refractivity contribution in [2.75, 3.05) is 0 Å². The normalized spacial score (nSPS) is 33.7. The van der Waals surface area contributed by atoms with Crippen LogP contribution in [-0.2, 0) is 6.42 Å². The maximum absolute atomic E-state index is 13.8. The van der Waals surface area contributed by atoms with E-state index in [1.165, 1.54) is 0 Å². The first kappa shape index (κ1) is 30.2. The average molecular weight is 567 g/mol. The van der Waals surface area contributed by atoms with E-state index in [-0.39, 0.29) is 47.2 Å². The van der Waals surface area contributed by atoms with Gasteiger partial charge in [0.2, 0.25) is 0 Å². The largest absolute Gasteiger partial charge is 0.508 e. The van der Waals surface area contributed by atoms with Gasteiger partial charge in [-0.1, -0.05) is 38.3 Å². The number of alkyl halides is 7. The second-order valence-electron chi connectivity index (χ2n) is 12.1. The van der Waals surface area contributed by atoms with Crippen LogP contribution in [0.1, 0.15) is 81.8 Å². The molecule has 2 saturated carbocycles. The molecule has 39 heavy (non-hydrogen) atoms. The van der Waals surface area contributed by atoms with E-state index in [1.807, 2.05) is 12.1 Å². The summed E-state index contributed by atoms with van der Waals surface area (Å²) in [5.74, 6) is -11.4. The lowest BCUT2D eigenvalue weighted by Crippen LogP contribution is -2.57. The van der Waals surface area contributed by atoms with E-state index >= 15 is 0 Å². The zero-order valence-electron chi connectivity index (χ0n) is 22.0. The fourth-order valence-corrected chi connectivity index (χ4v) is 8.19. The summed E-state index contributed by atoms with van der Waals surface area (Å²) in [4.78, 5) is 0. The van der Waals surface area contributed by atoms with Gasteiger partial charge in [-0.15, -0.1) is 6.58 Å². The van der Waals surface area contributed by atoms with E-state index in [4.69, 9.17) is 0 Å². The highest BCUT2D eigenvalue weighted by Gasteiger charge is 2.75. The predicted octanol–water partition coefficient (Wildman–Crippen LogP) is 7.54. The standard InChI is InChI=1S/C29H37F7O3/c1-3-26-14-13-17-15-19(37)9-10-20(17)24(26)18(16-25(2)21(26)11-12-22(25)38)7-5-4-6-8-23(39)27(30,31)28(32,33)29(34,35)36/h3,9-10,15,18,21-24,37-39H,1,4-8,11-14,16H2,2H3/t18-,21+,22-,23?,24+,25-,26?/m0/s1. The summed E-state index contributed by atoms with van der Waals surface area (Å²) in [5, 5.41) is 30.6. The Labute approximate surface area is 224 Å². The van der Waals surface area contributed by atoms with Crippen LogP contribution in [-0.4, -0.2) is 45.5 Å². The number of aliphatic hydroxyl groups is 2. The average Bonchev–Trinajstić information content (AvgIpc) is 3.16. The lowest BCUT2D eigenvalue weighted by Gasteiger charge is -2.60. The number of hydrogen-bond acceptors (Lipinski definition) is 3. The lowest BCUT2D eigenvalue weighted by molar-refractivity contribution is -0.371. The summed E-state index contributed by atoms with van der Waals surface area (Å²) in [6, 6.07) is 5.37. The predicted molar refractivity (Wildman–Crippen MR) is 132 cm³/mol. The summed E-state index contributed by atoms with van der Waals surface area (Å²) in [6.07, 6.45) is -3.83. The highest BCUT2D eigenvalue weighted by Crippen LogP contribution is 2.69. The first-order valence-corrected chi connectivity index (χ1v) is 13.7. The van der Waals surface area contributed by atoms with Gasteiger partial charge < -0.3 is 15.3 Å². The topological polar surface area (TPSA) is 60.7 Å². The third kappa shape index (κ3) is 4.77. The van der Waals surface area contributed by atoms with E-state index in [9.17, 15) is 46.1 Å². The van der Waals surface area contributed by atoms with Gasteiger partial charge in [-0.25, -0.2) is 0 Å². The Morgan fingerprint density at radius 1 is 1.08 bits per heavy atom. The SMILES string of the molecule is C=CC12CCc3cc(O)ccc3[C@H]1[C@@H](CCCCCC(O)C(F)(F)C(F)(F)C(F)(F)F)C[C@]1(C)[C@@H](O)CC[C@@H]21. The Kier molecular flexibility index (Phi) is 7.91. The minimum absolute atomic E-state index is 0.0584. The minimum atomic E-state index is -6.47. The molecule has 0 aliphatic heterocycles. The number of hydrogen-bond donors (Lipinski definition) is 3. The number of rotatable bonds is 9. The lowest BCUT2D eigenvalue weighted by atomic mass is 9.44. The molecule has 3 aliphatic rings. The van der Waals surface area contributed by atoms with Gasteiger partial charge in [-0.05, 0) is 96.8 Å². The fraction of sp³-hybridized carbons (Fsp3) is 0.724. The van der Waals surface area contributed by atoms with Gasteiger partial charge in [0, 0.05) is 0 Å². The van der Waals surface area contributed by atoms with Gasteiger partial charge in [0.1, 0.15) is 11.9 Å². The molecule has 1 aromatic carbocycles. The molecular weight excluding hydrogens is 529 g/mol. The molecule has 0 heterocycles. The molecule has 7 atom stereocenters. The van der Waals surface area contributed by atoms with Crippen LogP contribution in [0.2, 0.25) is 0 Å². The maximum atomic E-state index is 13.8. The van der Waals surface area contributed by atoms with Crippen molar-refractivity contribution < 1.29 is 46.1 Å². The zero-order valence-corrected chi connectivity index (χ0v) is 22.0. The van der Waals surface area contributed by atoms with Crippen molar-refractivity contribution in [3.05, 3.63) is 42.0 Å². The van der Waals surface area contributed by atoms with E-state index in [2.05, 4.69) is 13.5 Å². The van der Waals surface area contributed by atoms with Gasteiger partial charge >= 0.3 is 18.0 Å². The molecule has 0 bridgehead atoms. The summed E-state index contributed by atoms with van der Waals surface area (Å²) in [7, 11) is 0. The molecule has 0 radical (unpaired) electrons. The van der Waals surface area contributed by atoms with Crippen molar-refractivity contribution in [3.63, 3.8) is 0 Å². The summed E-state index contributed by atoms with van der Waals surface area (Å²) >= 11 is 0. The highest BCUT2D eigenvalue weighted by atomic mass is 19.4. The first-order valence-electron chi connectivity index (χ1n) is 13.7. The number of allylic oxidation sites excluding steroid dienone is 1. The molecule has 1 aromatic rings. The molecule has 4 rings (SSSR count). The van der Waals surface area contributed by atoms with Crippen LogP contribution in [0.5, 0.6) is 5.75 Å². The second kappa shape index (κ2) is 10.2. The molecule has 10 heteroatoms. The smallest absolute Gasteiger partial charge is 0.459 e. The second-order valence-corrected chi connectivity index (χ2v) is 12.1. The van der Waals surface area contributed by atoms with Crippen molar-refractivity contribution in [2.24, 2.45) is 22.7 Å². The van der Waals surface area contributed by atoms with Crippen molar-refractivity contribution in [1.82, 2.24) is 0 Å². The van der Waals surface area contributed by atoms with E-state index in [0.717, 1.165) is 36.8 Å². The molecule has 2 fully saturated rings. The van der Waals surface area contributed by atoms with Crippen LogP contribution in [0.25, 0.3) is 0 Å². The molecule has 2 unspecified atom stereocenters. The molecule has 0 amide bonds. The van der Waals surface area contributed by atoms with Gasteiger partial charge in [-0.2, -0.15) is 30.7 Å². The maximum Gasteiger partial charge on any atom is 0.459 e. The summed E-state index contributed by atoms with van der Waals surface area (Å²) < 4.78 is 91.3. The van der Waals surface area contributed by atoms with Crippen LogP contribution in [0.15, 0.2) is 30.9 Å². The Bertz CT molecular complexity index is 1060. The number of phenols is 1. The Hall–Kier alpha value is -1.81. The zero-order chi connectivity index (χ0) is 29.0. The van der Waals surface area contributed by atoms with Crippen molar-refractivity contribution in [2.45, 2.75) is 107 Å². The first-order chi connectivity index (χ1) is 18.0. The Balaban J connectivity index is 1.49. The number of benzene rings is 1. The Morgan fingerprint density at radius 3 is 2.41 bits per heavy atom. The van der Waals surface area contributed by atoms with E-state index in [1.54, 1.807) is 12.1 Å². The molecule has 0 spiro atoms. The highest BCUT2D eigenvalue weighted by molar-refractivity contribution is 5.43. The van der Waals surface area contributed by atoms with Crippen molar-refractivity contribution >= 4 is 0 Å². The van der Waals surface area contributed by atoms with Crippen LogP contribution in [0.3, 0.4) is 0 Å².